The number of hydrogen-bond acceptors (Lipinski definition) is 3. The maximum Gasteiger partial charge on any atom is 0.308 e. The second-order valence-corrected chi connectivity index (χ2v) is 5.15. The predicted octanol–water partition coefficient (Wildman–Crippen LogP) is 3.22. The monoisotopic (exact) mass is 277 g/mol. The van der Waals surface area contributed by atoms with Gasteiger partial charge in [0.2, 0.25) is 0 Å². The van der Waals surface area contributed by atoms with Gasteiger partial charge in [-0.15, -0.1) is 0 Å². The third-order valence-corrected chi connectivity index (χ3v) is 3.32. The van der Waals surface area contributed by atoms with E-state index >= 15 is 0 Å². The van der Waals surface area contributed by atoms with Crippen molar-refractivity contribution in [3.63, 3.8) is 0 Å². The molecule has 0 spiro atoms. The quantitative estimate of drug-likeness (QED) is 0.741. The molecule has 1 N–H and O–H groups in total. The van der Waals surface area contributed by atoms with Crippen LogP contribution in [-0.2, 0) is 4.79 Å². The van der Waals surface area contributed by atoms with Gasteiger partial charge in [0.15, 0.2) is 5.78 Å². The van der Waals surface area contributed by atoms with Gasteiger partial charge in [0, 0.05) is 24.3 Å². The molecule has 20 heavy (non-hydrogen) atoms. The zero-order valence-corrected chi connectivity index (χ0v) is 12.4. The topological polar surface area (TPSA) is 57.6 Å². The third-order valence-electron chi connectivity index (χ3n) is 3.32. The van der Waals surface area contributed by atoms with E-state index in [0.29, 0.717) is 12.1 Å². The molecule has 0 aliphatic heterocycles. The minimum atomic E-state index is -0.797. The Balaban J connectivity index is 2.94. The van der Waals surface area contributed by atoms with Crippen LogP contribution in [0.5, 0.6) is 0 Å². The summed E-state index contributed by atoms with van der Waals surface area (Å²) in [6.07, 6.45) is 2.04. The van der Waals surface area contributed by atoms with Crippen LogP contribution >= 0.6 is 0 Å². The van der Waals surface area contributed by atoms with Crippen molar-refractivity contribution in [2.45, 2.75) is 33.6 Å². The molecule has 1 aromatic rings. The molecule has 0 bridgehead atoms. The van der Waals surface area contributed by atoms with Crippen molar-refractivity contribution in [2.75, 3.05) is 18.0 Å². The predicted molar refractivity (Wildman–Crippen MR) is 80.4 cm³/mol. The maximum atomic E-state index is 11.5. The van der Waals surface area contributed by atoms with Gasteiger partial charge in [-0.1, -0.05) is 32.4 Å². The number of nitrogens with zero attached hydrogens (tertiary/aromatic N) is 1. The van der Waals surface area contributed by atoms with E-state index in [1.165, 1.54) is 6.92 Å². The Morgan fingerprint density at radius 3 is 2.60 bits per heavy atom. The molecule has 1 atom stereocenters. The van der Waals surface area contributed by atoms with E-state index < -0.39 is 11.9 Å². The van der Waals surface area contributed by atoms with Crippen LogP contribution in [0.15, 0.2) is 24.3 Å². The normalized spacial score (nSPS) is 11.9. The van der Waals surface area contributed by atoms with E-state index in [0.717, 1.165) is 25.1 Å². The van der Waals surface area contributed by atoms with Gasteiger partial charge < -0.3 is 10.0 Å². The first-order valence-electron chi connectivity index (χ1n) is 7.04. The third kappa shape index (κ3) is 4.68. The van der Waals surface area contributed by atoms with Gasteiger partial charge in [-0.3, -0.25) is 9.59 Å². The summed E-state index contributed by atoms with van der Waals surface area (Å²) < 4.78 is 0. The fourth-order valence-corrected chi connectivity index (χ4v) is 2.01. The summed E-state index contributed by atoms with van der Waals surface area (Å²) in [6, 6.07) is 7.39. The van der Waals surface area contributed by atoms with Crippen LogP contribution in [0.4, 0.5) is 5.69 Å². The molecule has 0 amide bonds. The Morgan fingerprint density at radius 1 is 1.35 bits per heavy atom. The smallest absolute Gasteiger partial charge is 0.308 e. The fraction of sp³-hybridized carbons (Fsp3) is 0.500. The Bertz CT molecular complexity index is 471. The lowest BCUT2D eigenvalue weighted by molar-refractivity contribution is -0.140. The minimum absolute atomic E-state index is 0.0218. The standard InChI is InChI=1S/C16H23NO3/c1-4-5-9-17(11-12(2)16(19)20)15-8-6-7-14(10-15)13(3)18/h6-8,10,12H,4-5,9,11H2,1-3H3,(H,19,20). The van der Waals surface area contributed by atoms with Crippen LogP contribution in [0.25, 0.3) is 0 Å². The maximum absolute atomic E-state index is 11.5. The SMILES string of the molecule is CCCCN(CC(C)C(=O)O)c1cccc(C(C)=O)c1. The summed E-state index contributed by atoms with van der Waals surface area (Å²) in [4.78, 5) is 24.5. The van der Waals surface area contributed by atoms with Gasteiger partial charge in [0.25, 0.3) is 0 Å². The van der Waals surface area contributed by atoms with Crippen molar-refractivity contribution in [2.24, 2.45) is 5.92 Å². The van der Waals surface area contributed by atoms with Gasteiger partial charge in [0.05, 0.1) is 5.92 Å². The summed E-state index contributed by atoms with van der Waals surface area (Å²) in [6.45, 7) is 6.60. The molecule has 1 unspecified atom stereocenters. The van der Waals surface area contributed by atoms with Crippen LogP contribution in [0.2, 0.25) is 0 Å². The number of ketones is 1. The number of unbranched alkanes of at least 4 members (excludes halogenated alkanes) is 1. The lowest BCUT2D eigenvalue weighted by Crippen LogP contribution is -2.32. The van der Waals surface area contributed by atoms with E-state index in [-0.39, 0.29) is 5.78 Å². The van der Waals surface area contributed by atoms with E-state index in [1.807, 2.05) is 18.2 Å². The van der Waals surface area contributed by atoms with Gasteiger partial charge >= 0.3 is 5.97 Å². The molecule has 4 heteroatoms. The number of rotatable bonds is 8. The highest BCUT2D eigenvalue weighted by atomic mass is 16.4. The molecular weight excluding hydrogens is 254 g/mol. The first kappa shape index (κ1) is 16.2. The summed E-state index contributed by atoms with van der Waals surface area (Å²) in [5.41, 5.74) is 1.58. The summed E-state index contributed by atoms with van der Waals surface area (Å²) in [5, 5.41) is 9.07. The average Bonchev–Trinajstić information content (AvgIpc) is 2.43. The highest BCUT2D eigenvalue weighted by Crippen LogP contribution is 2.19. The minimum Gasteiger partial charge on any atom is -0.481 e. The molecule has 4 nitrogen and oxygen atoms in total. The fourth-order valence-electron chi connectivity index (χ4n) is 2.01. The van der Waals surface area contributed by atoms with E-state index in [2.05, 4.69) is 11.8 Å². The van der Waals surface area contributed by atoms with E-state index in [4.69, 9.17) is 5.11 Å². The molecule has 0 heterocycles. The van der Waals surface area contributed by atoms with Crippen LogP contribution in [-0.4, -0.2) is 29.9 Å². The van der Waals surface area contributed by atoms with Crippen LogP contribution in [0.3, 0.4) is 0 Å². The first-order valence-corrected chi connectivity index (χ1v) is 7.04. The molecule has 0 radical (unpaired) electrons. The van der Waals surface area contributed by atoms with Crippen LogP contribution in [0.1, 0.15) is 44.0 Å². The molecule has 0 saturated carbocycles. The Morgan fingerprint density at radius 2 is 2.05 bits per heavy atom. The number of carboxylic acids is 1. The molecule has 0 aliphatic rings. The average molecular weight is 277 g/mol. The molecule has 0 fully saturated rings. The van der Waals surface area contributed by atoms with Crippen molar-refractivity contribution >= 4 is 17.4 Å². The van der Waals surface area contributed by atoms with Crippen LogP contribution in [0, 0.1) is 5.92 Å². The van der Waals surface area contributed by atoms with E-state index in [1.54, 1.807) is 13.0 Å². The number of benzene rings is 1. The number of carbonyl (C=O) groups is 2. The molecule has 1 rings (SSSR count). The van der Waals surface area contributed by atoms with Gasteiger partial charge in [-0.2, -0.15) is 0 Å². The number of hydrogen-bond donors (Lipinski definition) is 1. The molecule has 0 aromatic heterocycles. The van der Waals surface area contributed by atoms with Crippen molar-refractivity contribution in [1.82, 2.24) is 0 Å². The zero-order chi connectivity index (χ0) is 15.1. The summed E-state index contributed by atoms with van der Waals surface area (Å²) >= 11 is 0. The Hall–Kier alpha value is -1.84. The number of Topliss-reactive ketones (excluding diaryl/α,β-unsaturated/α-hetero) is 1. The lowest BCUT2D eigenvalue weighted by atomic mass is 10.1. The Kier molecular flexibility index (Phi) is 6.22. The van der Waals surface area contributed by atoms with Crippen molar-refractivity contribution in [3.05, 3.63) is 29.8 Å². The summed E-state index contributed by atoms with van der Waals surface area (Å²) in [5.74, 6) is -1.21. The number of aliphatic carboxylic acids is 1. The molecular formula is C16H23NO3. The van der Waals surface area contributed by atoms with Gasteiger partial charge in [-0.05, 0) is 25.5 Å². The zero-order valence-electron chi connectivity index (χ0n) is 12.4. The van der Waals surface area contributed by atoms with Crippen molar-refractivity contribution < 1.29 is 14.7 Å². The molecule has 0 aliphatic carbocycles. The lowest BCUT2D eigenvalue weighted by Gasteiger charge is -2.27. The summed E-state index contributed by atoms with van der Waals surface area (Å²) in [7, 11) is 0. The number of carboxylic acid groups (broad SMARTS) is 1. The number of carbonyl (C=O) groups excluding carboxylic acids is 1. The van der Waals surface area contributed by atoms with Crippen molar-refractivity contribution in [1.29, 1.82) is 0 Å². The highest BCUT2D eigenvalue weighted by Gasteiger charge is 2.17. The largest absolute Gasteiger partial charge is 0.481 e. The molecule has 110 valence electrons. The Labute approximate surface area is 120 Å². The van der Waals surface area contributed by atoms with Crippen molar-refractivity contribution in [3.8, 4) is 0 Å². The van der Waals surface area contributed by atoms with Gasteiger partial charge in [-0.25, -0.2) is 0 Å². The first-order chi connectivity index (χ1) is 9.45. The number of anilines is 1. The molecule has 1 aromatic carbocycles. The van der Waals surface area contributed by atoms with Gasteiger partial charge in [0.1, 0.15) is 0 Å². The highest BCUT2D eigenvalue weighted by molar-refractivity contribution is 5.95. The molecule has 0 saturated heterocycles. The van der Waals surface area contributed by atoms with E-state index in [9.17, 15) is 9.59 Å². The second kappa shape index (κ2) is 7.68. The van der Waals surface area contributed by atoms with Crippen LogP contribution < -0.4 is 4.90 Å². The second-order valence-electron chi connectivity index (χ2n) is 5.15.